The Morgan fingerprint density at radius 3 is 2.32 bits per heavy atom. The molecule has 1 N–H and O–H groups in total. The van der Waals surface area contributed by atoms with Crippen molar-refractivity contribution in [3.8, 4) is 0 Å². The minimum Gasteiger partial charge on any atom is -0.314 e. The van der Waals surface area contributed by atoms with Gasteiger partial charge in [-0.3, -0.25) is 0 Å². The lowest BCUT2D eigenvalue weighted by molar-refractivity contribution is 0.114. The number of nitrogens with zero attached hydrogens (tertiary/aromatic N) is 1. The van der Waals surface area contributed by atoms with Crippen LogP contribution >= 0.6 is 0 Å². The summed E-state index contributed by atoms with van der Waals surface area (Å²) < 4.78 is 0. The molecular weight excluding hydrogens is 232 g/mol. The van der Waals surface area contributed by atoms with Crippen LogP contribution in [0.25, 0.3) is 0 Å². The van der Waals surface area contributed by atoms with Crippen molar-refractivity contribution in [2.45, 2.75) is 71.8 Å². The summed E-state index contributed by atoms with van der Waals surface area (Å²) in [5, 5.41) is 3.71. The Morgan fingerprint density at radius 2 is 1.84 bits per heavy atom. The predicted octanol–water partition coefficient (Wildman–Crippen LogP) is 3.67. The fraction of sp³-hybridized carbons (Fsp3) is 1.00. The first-order valence-electron chi connectivity index (χ1n) is 8.59. The highest BCUT2D eigenvalue weighted by molar-refractivity contribution is 4.90. The largest absolute Gasteiger partial charge is 0.314 e. The molecule has 0 saturated heterocycles. The van der Waals surface area contributed by atoms with Crippen LogP contribution in [0.2, 0.25) is 0 Å². The van der Waals surface area contributed by atoms with E-state index in [1.54, 1.807) is 0 Å². The number of hydrogen-bond donors (Lipinski definition) is 1. The smallest absolute Gasteiger partial charge is 0.00501 e. The highest BCUT2D eigenvalue weighted by atomic mass is 15.1. The van der Waals surface area contributed by atoms with Gasteiger partial charge in [-0.05, 0) is 43.6 Å². The summed E-state index contributed by atoms with van der Waals surface area (Å²) in [5.74, 6) is 1.01. The van der Waals surface area contributed by atoms with E-state index in [-0.39, 0.29) is 0 Å². The molecule has 0 unspecified atom stereocenters. The van der Waals surface area contributed by atoms with Crippen molar-refractivity contribution in [1.82, 2.24) is 10.2 Å². The zero-order chi connectivity index (χ0) is 13.7. The molecular formula is C17H34N2. The summed E-state index contributed by atoms with van der Waals surface area (Å²) in [6.07, 6.45) is 10.2. The molecule has 0 heterocycles. The second kappa shape index (κ2) is 7.08. The number of hydrogen-bond acceptors (Lipinski definition) is 2. The van der Waals surface area contributed by atoms with Gasteiger partial charge in [0.2, 0.25) is 0 Å². The molecule has 0 aliphatic heterocycles. The van der Waals surface area contributed by atoms with Gasteiger partial charge in [-0.1, -0.05) is 40.0 Å². The molecule has 2 rings (SSSR count). The fourth-order valence-electron chi connectivity index (χ4n) is 3.76. The van der Waals surface area contributed by atoms with E-state index in [9.17, 15) is 0 Å². The van der Waals surface area contributed by atoms with Gasteiger partial charge in [-0.15, -0.1) is 0 Å². The monoisotopic (exact) mass is 266 g/mol. The van der Waals surface area contributed by atoms with Crippen LogP contribution in [0.5, 0.6) is 0 Å². The molecule has 0 bridgehead atoms. The number of rotatable bonds is 8. The van der Waals surface area contributed by atoms with E-state index >= 15 is 0 Å². The van der Waals surface area contributed by atoms with Gasteiger partial charge in [0.15, 0.2) is 0 Å². The normalized spacial score (nSPS) is 23.2. The molecule has 2 aliphatic carbocycles. The van der Waals surface area contributed by atoms with Crippen LogP contribution in [0.3, 0.4) is 0 Å². The van der Waals surface area contributed by atoms with E-state index in [0.717, 1.165) is 5.92 Å². The first-order chi connectivity index (χ1) is 9.13. The Balaban J connectivity index is 1.86. The standard InChI is InChI=1S/C17H34N2/c1-4-19(12-16-8-7-9-16)14-17(10-5-6-11-17)13-18-15(2)3/h15-16,18H,4-14H2,1-3H3. The summed E-state index contributed by atoms with van der Waals surface area (Å²) in [5.41, 5.74) is 0.573. The van der Waals surface area contributed by atoms with Gasteiger partial charge in [0.05, 0.1) is 0 Å². The summed E-state index contributed by atoms with van der Waals surface area (Å²) in [7, 11) is 0. The van der Waals surface area contributed by atoms with Crippen molar-refractivity contribution in [2.24, 2.45) is 11.3 Å². The molecule has 0 aromatic heterocycles. The summed E-state index contributed by atoms with van der Waals surface area (Å²) in [4.78, 5) is 2.75. The summed E-state index contributed by atoms with van der Waals surface area (Å²) in [6, 6.07) is 0.624. The van der Waals surface area contributed by atoms with Crippen molar-refractivity contribution < 1.29 is 0 Å². The van der Waals surface area contributed by atoms with Crippen LogP contribution in [0.1, 0.15) is 65.7 Å². The van der Waals surface area contributed by atoms with E-state index in [1.165, 1.54) is 71.1 Å². The highest BCUT2D eigenvalue weighted by Crippen LogP contribution is 2.39. The average molecular weight is 266 g/mol. The maximum Gasteiger partial charge on any atom is 0.00501 e. The highest BCUT2D eigenvalue weighted by Gasteiger charge is 2.35. The summed E-state index contributed by atoms with van der Waals surface area (Å²) >= 11 is 0. The van der Waals surface area contributed by atoms with Crippen LogP contribution in [-0.2, 0) is 0 Å². The lowest BCUT2D eigenvalue weighted by atomic mass is 9.82. The van der Waals surface area contributed by atoms with Crippen molar-refractivity contribution in [2.75, 3.05) is 26.2 Å². The molecule has 2 fully saturated rings. The third kappa shape index (κ3) is 4.46. The molecule has 2 heteroatoms. The van der Waals surface area contributed by atoms with Crippen molar-refractivity contribution in [3.05, 3.63) is 0 Å². The molecule has 19 heavy (non-hydrogen) atoms. The van der Waals surface area contributed by atoms with Crippen molar-refractivity contribution >= 4 is 0 Å². The fourth-order valence-corrected chi connectivity index (χ4v) is 3.76. The molecule has 2 saturated carbocycles. The van der Waals surface area contributed by atoms with Gasteiger partial charge in [0.1, 0.15) is 0 Å². The molecule has 0 spiro atoms. The molecule has 112 valence electrons. The first kappa shape index (κ1) is 15.3. The SMILES string of the molecule is CCN(CC1CCC1)CC1(CNC(C)C)CCCC1. The van der Waals surface area contributed by atoms with E-state index in [1.807, 2.05) is 0 Å². The van der Waals surface area contributed by atoms with Crippen molar-refractivity contribution in [1.29, 1.82) is 0 Å². The van der Waals surface area contributed by atoms with E-state index in [0.29, 0.717) is 11.5 Å². The zero-order valence-corrected chi connectivity index (χ0v) is 13.4. The van der Waals surface area contributed by atoms with Crippen LogP contribution in [0, 0.1) is 11.3 Å². The molecule has 2 nitrogen and oxygen atoms in total. The van der Waals surface area contributed by atoms with Gasteiger partial charge in [0, 0.05) is 25.7 Å². The third-order valence-corrected chi connectivity index (χ3v) is 5.30. The molecule has 0 atom stereocenters. The Labute approximate surface area is 120 Å². The second-order valence-electron chi connectivity index (χ2n) is 7.37. The Hall–Kier alpha value is -0.0800. The van der Waals surface area contributed by atoms with Gasteiger partial charge >= 0.3 is 0 Å². The molecule has 2 aliphatic rings. The Morgan fingerprint density at radius 1 is 1.16 bits per heavy atom. The number of nitrogens with one attached hydrogen (secondary N) is 1. The molecule has 0 radical (unpaired) electrons. The Bertz CT molecular complexity index is 252. The van der Waals surface area contributed by atoms with Gasteiger partial charge in [-0.25, -0.2) is 0 Å². The van der Waals surface area contributed by atoms with Gasteiger partial charge < -0.3 is 10.2 Å². The van der Waals surface area contributed by atoms with Crippen LogP contribution in [0.4, 0.5) is 0 Å². The van der Waals surface area contributed by atoms with Gasteiger partial charge in [0.25, 0.3) is 0 Å². The molecule has 0 aromatic rings. The second-order valence-corrected chi connectivity index (χ2v) is 7.37. The predicted molar refractivity (Wildman–Crippen MR) is 83.5 cm³/mol. The maximum absolute atomic E-state index is 3.71. The third-order valence-electron chi connectivity index (χ3n) is 5.30. The van der Waals surface area contributed by atoms with Crippen LogP contribution in [-0.4, -0.2) is 37.1 Å². The lowest BCUT2D eigenvalue weighted by Gasteiger charge is -2.39. The Kier molecular flexibility index (Phi) is 5.70. The minimum atomic E-state index is 0.573. The topological polar surface area (TPSA) is 15.3 Å². The van der Waals surface area contributed by atoms with Crippen LogP contribution in [0.15, 0.2) is 0 Å². The lowest BCUT2D eigenvalue weighted by Crippen LogP contribution is -2.45. The summed E-state index contributed by atoms with van der Waals surface area (Å²) in [6.45, 7) is 12.0. The van der Waals surface area contributed by atoms with Gasteiger partial charge in [-0.2, -0.15) is 0 Å². The van der Waals surface area contributed by atoms with E-state index in [4.69, 9.17) is 0 Å². The molecule has 0 aromatic carbocycles. The van der Waals surface area contributed by atoms with E-state index < -0.39 is 0 Å². The van der Waals surface area contributed by atoms with E-state index in [2.05, 4.69) is 31.0 Å². The zero-order valence-electron chi connectivity index (χ0n) is 13.4. The van der Waals surface area contributed by atoms with Crippen LogP contribution < -0.4 is 5.32 Å². The minimum absolute atomic E-state index is 0.573. The quantitative estimate of drug-likeness (QED) is 0.721. The first-order valence-corrected chi connectivity index (χ1v) is 8.59. The maximum atomic E-state index is 3.71. The average Bonchev–Trinajstić information content (AvgIpc) is 2.79. The van der Waals surface area contributed by atoms with Crippen molar-refractivity contribution in [3.63, 3.8) is 0 Å². The molecule has 0 amide bonds.